The summed E-state index contributed by atoms with van der Waals surface area (Å²) in [6.07, 6.45) is 8.06. The Morgan fingerprint density at radius 2 is 1.66 bits per heavy atom. The molecule has 4 rings (SSSR count). The van der Waals surface area contributed by atoms with Crippen molar-refractivity contribution in [1.29, 1.82) is 0 Å². The van der Waals surface area contributed by atoms with Crippen molar-refractivity contribution in [2.45, 2.75) is 56.5 Å². The third kappa shape index (κ3) is 5.65. The molecule has 3 atom stereocenters. The van der Waals surface area contributed by atoms with Gasteiger partial charge in [0.25, 0.3) is 0 Å². The smallest absolute Gasteiger partial charge is 0.407 e. The van der Waals surface area contributed by atoms with Crippen molar-refractivity contribution in [3.8, 4) is 23.5 Å². The highest BCUT2D eigenvalue weighted by Gasteiger charge is 2.32. The van der Waals surface area contributed by atoms with E-state index in [9.17, 15) is 19.5 Å². The summed E-state index contributed by atoms with van der Waals surface area (Å²) in [5.41, 5.74) is 4.46. The van der Waals surface area contributed by atoms with Crippen LogP contribution >= 0.6 is 0 Å². The molecule has 0 heterocycles. The van der Waals surface area contributed by atoms with E-state index < -0.39 is 24.0 Å². The van der Waals surface area contributed by atoms with Gasteiger partial charge in [0.15, 0.2) is 0 Å². The minimum Gasteiger partial charge on any atom is -0.481 e. The number of amides is 2. The maximum atomic E-state index is 12.9. The summed E-state index contributed by atoms with van der Waals surface area (Å²) >= 11 is 0. The van der Waals surface area contributed by atoms with Crippen molar-refractivity contribution >= 4 is 18.0 Å². The van der Waals surface area contributed by atoms with Crippen molar-refractivity contribution in [2.24, 2.45) is 5.92 Å². The molecule has 0 aromatic heterocycles. The number of carboxylic acids is 1. The number of hydrogen-bond acceptors (Lipinski definition) is 4. The third-order valence-electron chi connectivity index (χ3n) is 6.95. The summed E-state index contributed by atoms with van der Waals surface area (Å²) in [7, 11) is 0. The molecular formula is C28H30N2O5. The Balaban J connectivity index is 1.37. The number of carbonyl (C=O) groups excluding carboxylic acids is 2. The highest BCUT2D eigenvalue weighted by molar-refractivity contribution is 5.86. The molecule has 3 unspecified atom stereocenters. The van der Waals surface area contributed by atoms with Gasteiger partial charge in [0.2, 0.25) is 5.91 Å². The second-order valence-electron chi connectivity index (χ2n) is 9.19. The van der Waals surface area contributed by atoms with E-state index in [1.807, 2.05) is 36.4 Å². The molecule has 0 saturated heterocycles. The van der Waals surface area contributed by atoms with E-state index in [-0.39, 0.29) is 37.3 Å². The van der Waals surface area contributed by atoms with E-state index in [1.54, 1.807) is 0 Å². The van der Waals surface area contributed by atoms with Crippen molar-refractivity contribution in [2.75, 3.05) is 6.61 Å². The first kappa shape index (κ1) is 24.3. The topological polar surface area (TPSA) is 105 Å². The van der Waals surface area contributed by atoms with Crippen LogP contribution in [0.25, 0.3) is 11.1 Å². The number of ether oxygens (including phenoxy) is 1. The van der Waals surface area contributed by atoms with Crippen LogP contribution in [-0.4, -0.2) is 41.8 Å². The minimum absolute atomic E-state index is 0.00452. The van der Waals surface area contributed by atoms with Gasteiger partial charge in [0.1, 0.15) is 12.6 Å². The molecule has 1 saturated carbocycles. The molecule has 2 aliphatic rings. The molecule has 7 heteroatoms. The number of nitrogens with one attached hydrogen (secondary N) is 2. The standard InChI is InChI=1S/C28H30N2O5/c1-2-9-25(27(33)29-24-15-8-3-10-18(24)16-26(31)32)30-28(34)35-17-23-21-13-6-4-11-19(21)20-12-5-7-14-22(20)23/h1,4-7,11-14,18,23-25H,3,8-10,15-17H2,(H,29,33)(H,30,34)(H,31,32). The maximum absolute atomic E-state index is 12.9. The lowest BCUT2D eigenvalue weighted by Gasteiger charge is -2.32. The lowest BCUT2D eigenvalue weighted by Crippen LogP contribution is -2.52. The van der Waals surface area contributed by atoms with Crippen molar-refractivity contribution in [3.63, 3.8) is 0 Å². The van der Waals surface area contributed by atoms with Crippen LogP contribution in [0.2, 0.25) is 0 Å². The molecule has 182 valence electrons. The van der Waals surface area contributed by atoms with Crippen molar-refractivity contribution < 1.29 is 24.2 Å². The maximum Gasteiger partial charge on any atom is 0.407 e. The number of terminal acetylenes is 1. The molecule has 2 aromatic carbocycles. The zero-order valence-corrected chi connectivity index (χ0v) is 19.5. The van der Waals surface area contributed by atoms with Crippen LogP contribution in [0.15, 0.2) is 48.5 Å². The number of carbonyl (C=O) groups is 3. The lowest BCUT2D eigenvalue weighted by molar-refractivity contribution is -0.139. The molecular weight excluding hydrogens is 444 g/mol. The molecule has 1 fully saturated rings. The van der Waals surface area contributed by atoms with E-state index in [0.29, 0.717) is 6.42 Å². The number of aliphatic carboxylic acids is 1. The Bertz CT molecular complexity index is 1090. The summed E-state index contributed by atoms with van der Waals surface area (Å²) in [6.45, 7) is 0.133. The van der Waals surface area contributed by atoms with Gasteiger partial charge in [-0.1, -0.05) is 61.4 Å². The third-order valence-corrected chi connectivity index (χ3v) is 6.95. The first-order valence-corrected chi connectivity index (χ1v) is 12.0. The molecule has 0 spiro atoms. The number of carboxylic acid groups (broad SMARTS) is 1. The molecule has 35 heavy (non-hydrogen) atoms. The van der Waals surface area contributed by atoms with E-state index in [2.05, 4.69) is 28.7 Å². The van der Waals surface area contributed by atoms with Gasteiger partial charge in [-0.2, -0.15) is 0 Å². The van der Waals surface area contributed by atoms with Crippen molar-refractivity contribution in [1.82, 2.24) is 10.6 Å². The monoisotopic (exact) mass is 474 g/mol. The predicted molar refractivity (Wildman–Crippen MR) is 132 cm³/mol. The summed E-state index contributed by atoms with van der Waals surface area (Å²) in [5, 5.41) is 14.7. The molecule has 0 radical (unpaired) electrons. The highest BCUT2D eigenvalue weighted by Crippen LogP contribution is 2.44. The van der Waals surface area contributed by atoms with Crippen molar-refractivity contribution in [3.05, 3.63) is 59.7 Å². The van der Waals surface area contributed by atoms with Gasteiger partial charge in [0, 0.05) is 18.4 Å². The van der Waals surface area contributed by atoms with Gasteiger partial charge >= 0.3 is 12.1 Å². The van der Waals surface area contributed by atoms with Gasteiger partial charge in [-0.15, -0.1) is 12.3 Å². The van der Waals surface area contributed by atoms with Crippen LogP contribution in [0.5, 0.6) is 0 Å². The summed E-state index contributed by atoms with van der Waals surface area (Å²) in [5.74, 6) is 0.910. The van der Waals surface area contributed by atoms with Gasteiger partial charge in [0.05, 0.1) is 6.42 Å². The second-order valence-corrected chi connectivity index (χ2v) is 9.19. The average molecular weight is 475 g/mol. The second kappa shape index (κ2) is 11.1. The van der Waals surface area contributed by atoms with Crippen LogP contribution in [0.4, 0.5) is 4.79 Å². The van der Waals surface area contributed by atoms with E-state index in [0.717, 1.165) is 41.5 Å². The van der Waals surface area contributed by atoms with Crippen LogP contribution < -0.4 is 10.6 Å². The van der Waals surface area contributed by atoms with E-state index in [1.165, 1.54) is 0 Å². The fourth-order valence-corrected chi connectivity index (χ4v) is 5.26. The zero-order chi connectivity index (χ0) is 24.8. The molecule has 0 bridgehead atoms. The first-order valence-electron chi connectivity index (χ1n) is 12.0. The molecule has 0 aliphatic heterocycles. The fourth-order valence-electron chi connectivity index (χ4n) is 5.26. The summed E-state index contributed by atoms with van der Waals surface area (Å²) in [6, 6.07) is 14.9. The minimum atomic E-state index is -0.956. The van der Waals surface area contributed by atoms with Gasteiger partial charge < -0.3 is 20.5 Å². The van der Waals surface area contributed by atoms with Crippen LogP contribution in [0.3, 0.4) is 0 Å². The number of fused-ring (bicyclic) bond motifs is 3. The molecule has 2 aliphatic carbocycles. The normalized spacial score (nSPS) is 19.5. The number of benzene rings is 2. The van der Waals surface area contributed by atoms with Crippen LogP contribution in [0, 0.1) is 18.3 Å². The van der Waals surface area contributed by atoms with Gasteiger partial charge in [-0.05, 0) is 41.0 Å². The Morgan fingerprint density at radius 1 is 1.03 bits per heavy atom. The predicted octanol–water partition coefficient (Wildman–Crippen LogP) is 4.07. The quantitative estimate of drug-likeness (QED) is 0.501. The highest BCUT2D eigenvalue weighted by atomic mass is 16.5. The zero-order valence-electron chi connectivity index (χ0n) is 19.5. The lowest BCUT2D eigenvalue weighted by atomic mass is 9.82. The number of rotatable bonds is 8. The van der Waals surface area contributed by atoms with Crippen LogP contribution in [-0.2, 0) is 14.3 Å². The van der Waals surface area contributed by atoms with Gasteiger partial charge in [-0.3, -0.25) is 9.59 Å². The van der Waals surface area contributed by atoms with E-state index in [4.69, 9.17) is 11.2 Å². The van der Waals surface area contributed by atoms with Crippen LogP contribution in [0.1, 0.15) is 55.6 Å². The molecule has 7 nitrogen and oxygen atoms in total. The number of alkyl carbamates (subject to hydrolysis) is 1. The average Bonchev–Trinajstić information content (AvgIpc) is 3.17. The molecule has 3 N–H and O–H groups in total. The Labute approximate surface area is 205 Å². The first-order chi connectivity index (χ1) is 17.0. The largest absolute Gasteiger partial charge is 0.481 e. The van der Waals surface area contributed by atoms with Gasteiger partial charge in [-0.25, -0.2) is 4.79 Å². The number of hydrogen-bond donors (Lipinski definition) is 3. The summed E-state index contributed by atoms with van der Waals surface area (Å²) in [4.78, 5) is 36.8. The Hall–Kier alpha value is -3.79. The Kier molecular flexibility index (Phi) is 7.71. The molecule has 2 amide bonds. The SMILES string of the molecule is C#CCC(NC(=O)OCC1c2ccccc2-c2ccccc21)C(=O)NC1CCCCC1CC(=O)O. The summed E-state index contributed by atoms with van der Waals surface area (Å²) < 4.78 is 5.55. The van der Waals surface area contributed by atoms with E-state index >= 15 is 0 Å². The Morgan fingerprint density at radius 3 is 2.29 bits per heavy atom. The molecule has 2 aromatic rings. The fraction of sp³-hybridized carbons (Fsp3) is 0.393.